The molecule has 358 valence electrons. The van der Waals surface area contributed by atoms with Crippen molar-refractivity contribution in [3.05, 3.63) is 215 Å². The Bertz CT molecular complexity index is 2520. The van der Waals surface area contributed by atoms with Crippen LogP contribution in [0.15, 0.2) is 182 Å². The lowest BCUT2D eigenvalue weighted by Gasteiger charge is -2.51. The maximum atomic E-state index is 14.3. The molecule has 2 unspecified atom stereocenters. The smallest absolute Gasteiger partial charge is 0.338 e. The Morgan fingerprint density at radius 2 is 0.471 bits per heavy atom. The quantitative estimate of drug-likeness (QED) is 0.0748. The number of rotatable bonds is 15. The van der Waals surface area contributed by atoms with Gasteiger partial charge in [0, 0.05) is 14.2 Å². The lowest BCUT2D eigenvalue weighted by Crippen LogP contribution is -2.71. The zero-order chi connectivity index (χ0) is 49.0. The van der Waals surface area contributed by atoms with Gasteiger partial charge in [0.05, 0.1) is 33.4 Å². The predicted octanol–water partition coefficient (Wildman–Crippen LogP) is 7.08. The highest BCUT2D eigenvalue weighted by molar-refractivity contribution is 5.93. The molecule has 2 fully saturated rings. The topological polar surface area (TPSA) is 195 Å². The van der Waals surface area contributed by atoms with Crippen molar-refractivity contribution in [2.45, 2.75) is 61.4 Å². The highest BCUT2D eigenvalue weighted by atomic mass is 16.8. The minimum Gasteiger partial charge on any atom is -0.452 e. The van der Waals surface area contributed by atoms with Crippen LogP contribution in [0.2, 0.25) is 0 Å². The number of carbonyl (C=O) groups is 6. The van der Waals surface area contributed by atoms with E-state index in [-0.39, 0.29) is 33.4 Å². The maximum absolute atomic E-state index is 14.3. The summed E-state index contributed by atoms with van der Waals surface area (Å²) >= 11 is 0. The molecule has 2 heterocycles. The minimum atomic E-state index is -1.84. The van der Waals surface area contributed by atoms with E-state index in [0.29, 0.717) is 0 Å². The number of carbonyl (C=O) groups excluding carboxylic acids is 6. The number of methoxy groups -OCH3 is 2. The van der Waals surface area contributed by atoms with Crippen molar-refractivity contribution < 1.29 is 76.1 Å². The molecule has 0 aliphatic carbocycles. The van der Waals surface area contributed by atoms with Crippen LogP contribution in [0.4, 0.5) is 0 Å². The molecule has 8 rings (SSSR count). The Kier molecular flexibility index (Phi) is 15.8. The first-order valence-corrected chi connectivity index (χ1v) is 22.1. The van der Waals surface area contributed by atoms with Crippen molar-refractivity contribution in [1.29, 1.82) is 0 Å². The second kappa shape index (κ2) is 22.9. The van der Waals surface area contributed by atoms with Crippen molar-refractivity contribution >= 4 is 35.8 Å². The van der Waals surface area contributed by atoms with Crippen LogP contribution in [0.3, 0.4) is 0 Å². The fourth-order valence-corrected chi connectivity index (χ4v) is 7.96. The predicted molar refractivity (Wildman–Crippen MR) is 245 cm³/mol. The van der Waals surface area contributed by atoms with E-state index in [0.717, 1.165) is 0 Å². The normalized spacial score (nSPS) is 23.9. The number of ether oxygens (including phenoxy) is 10. The Labute approximate surface area is 401 Å². The zero-order valence-electron chi connectivity index (χ0n) is 37.6. The van der Waals surface area contributed by atoms with Gasteiger partial charge in [-0.25, -0.2) is 28.8 Å². The summed E-state index contributed by atoms with van der Waals surface area (Å²) in [4.78, 5) is 85.0. The third-order valence-electron chi connectivity index (χ3n) is 11.4. The van der Waals surface area contributed by atoms with E-state index in [1.54, 1.807) is 109 Å². The van der Waals surface area contributed by atoms with E-state index in [1.807, 2.05) is 0 Å². The first-order valence-electron chi connectivity index (χ1n) is 22.1. The summed E-state index contributed by atoms with van der Waals surface area (Å²) in [6.07, 6.45) is -17.4. The van der Waals surface area contributed by atoms with Gasteiger partial charge in [0.1, 0.15) is 12.2 Å². The molecule has 6 aromatic carbocycles. The van der Waals surface area contributed by atoms with Gasteiger partial charge in [-0.05, 0) is 72.8 Å². The highest BCUT2D eigenvalue weighted by Crippen LogP contribution is 2.39. The average Bonchev–Trinajstić information content (AvgIpc) is 3.41. The molecule has 10 atom stereocenters. The molecule has 2 aliphatic heterocycles. The van der Waals surface area contributed by atoms with Crippen molar-refractivity contribution in [3.63, 3.8) is 0 Å². The highest BCUT2D eigenvalue weighted by Gasteiger charge is 2.62. The summed E-state index contributed by atoms with van der Waals surface area (Å²) in [7, 11) is 2.46. The first-order chi connectivity index (χ1) is 34.1. The van der Waals surface area contributed by atoms with E-state index >= 15 is 0 Å². The summed E-state index contributed by atoms with van der Waals surface area (Å²) in [6, 6.07) is 47.2. The monoisotopic (exact) mass is 950 g/mol. The number of benzene rings is 6. The van der Waals surface area contributed by atoms with Crippen LogP contribution in [-0.2, 0) is 47.4 Å². The first kappa shape index (κ1) is 48.4. The van der Waals surface area contributed by atoms with E-state index in [4.69, 9.17) is 47.4 Å². The summed E-state index contributed by atoms with van der Waals surface area (Å²) < 4.78 is 62.2. The summed E-state index contributed by atoms with van der Waals surface area (Å²) in [5, 5.41) is 0. The Morgan fingerprint density at radius 1 is 0.286 bits per heavy atom. The van der Waals surface area contributed by atoms with Gasteiger partial charge in [-0.15, -0.1) is 0 Å². The van der Waals surface area contributed by atoms with E-state index < -0.39 is 97.2 Å². The summed E-state index contributed by atoms with van der Waals surface area (Å²) in [5.41, 5.74) is 0.455. The lowest BCUT2D eigenvalue weighted by atomic mass is 9.87. The molecular weight excluding hydrogens is 905 g/mol. The van der Waals surface area contributed by atoms with E-state index in [2.05, 4.69) is 0 Å². The van der Waals surface area contributed by atoms with Crippen LogP contribution < -0.4 is 0 Å². The van der Waals surface area contributed by atoms with Gasteiger partial charge in [0.2, 0.25) is 0 Å². The van der Waals surface area contributed by atoms with Crippen LogP contribution in [-0.4, -0.2) is 111 Å². The second-order valence-electron chi connectivity index (χ2n) is 15.8. The standard InChI is InChI=1S/C54H46O16/c1-61-53-45(67-51(59)37-29-17-7-18-30-37)43(65-49(57)35-25-13-5-14-26-35)39(63-47(55)33-21-9-3-10-22-33)41(69-53)42-40(64-48(56)34-23-11-4-12-24-34)44(66-50(58)36-27-15-6-16-28-36)46(54(62-2)70-42)68-52(60)38-31-19-8-20-32-38/h3-32,39-46,53-54H,1-2H3/t39-,40-,41?,42?,43+,44+,45-,46-,53+,54+/m1/s1. The molecule has 16 heteroatoms. The Morgan fingerprint density at radius 3 is 0.671 bits per heavy atom. The largest absolute Gasteiger partial charge is 0.452 e. The van der Waals surface area contributed by atoms with Gasteiger partial charge in [0.25, 0.3) is 0 Å². The molecule has 0 aromatic heterocycles. The van der Waals surface area contributed by atoms with Gasteiger partial charge in [-0.3, -0.25) is 0 Å². The molecule has 0 amide bonds. The van der Waals surface area contributed by atoms with Crippen LogP contribution in [0.5, 0.6) is 0 Å². The zero-order valence-corrected chi connectivity index (χ0v) is 37.6. The Hall–Kier alpha value is -8.02. The molecule has 0 radical (unpaired) electrons. The van der Waals surface area contributed by atoms with Crippen LogP contribution in [0.1, 0.15) is 62.1 Å². The van der Waals surface area contributed by atoms with Crippen molar-refractivity contribution in [1.82, 2.24) is 0 Å². The van der Waals surface area contributed by atoms with Crippen molar-refractivity contribution in [2.75, 3.05) is 14.2 Å². The van der Waals surface area contributed by atoms with E-state index in [1.165, 1.54) is 87.0 Å². The summed E-state index contributed by atoms with van der Waals surface area (Å²) in [5.74, 6) is -5.55. The Balaban J connectivity index is 1.29. The molecule has 70 heavy (non-hydrogen) atoms. The van der Waals surface area contributed by atoms with Gasteiger partial charge in [-0.2, -0.15) is 0 Å². The SMILES string of the molecule is CO[C@H]1OC(C2O[C@H](OC)[C@H](OC(=O)c3ccccc3)[C@@H](OC(=O)c3ccccc3)[C@@H]2OC(=O)c2ccccc2)[C@@H](OC(=O)c2ccccc2)[C@H](OC(=O)c2ccccc2)[C@H]1OC(=O)c1ccccc1. The van der Waals surface area contributed by atoms with Gasteiger partial charge in [-0.1, -0.05) is 109 Å². The molecule has 0 saturated carbocycles. The maximum Gasteiger partial charge on any atom is 0.338 e. The number of hydrogen-bond acceptors (Lipinski definition) is 16. The van der Waals surface area contributed by atoms with Gasteiger partial charge >= 0.3 is 35.8 Å². The second-order valence-corrected chi connectivity index (χ2v) is 15.8. The summed E-state index contributed by atoms with van der Waals surface area (Å²) in [6.45, 7) is 0. The van der Waals surface area contributed by atoms with Gasteiger partial charge in [0.15, 0.2) is 49.2 Å². The minimum absolute atomic E-state index is 0.0509. The average molecular weight is 951 g/mol. The van der Waals surface area contributed by atoms with Crippen molar-refractivity contribution in [2.24, 2.45) is 0 Å². The lowest BCUT2D eigenvalue weighted by molar-refractivity contribution is -0.349. The fourth-order valence-electron chi connectivity index (χ4n) is 7.96. The van der Waals surface area contributed by atoms with Crippen LogP contribution in [0.25, 0.3) is 0 Å². The van der Waals surface area contributed by atoms with Crippen LogP contribution in [0, 0.1) is 0 Å². The molecule has 16 nitrogen and oxygen atoms in total. The molecule has 0 N–H and O–H groups in total. The number of hydrogen-bond donors (Lipinski definition) is 0. The molecule has 2 aliphatic rings. The fraction of sp³-hybridized carbons (Fsp3) is 0.222. The van der Waals surface area contributed by atoms with E-state index in [9.17, 15) is 28.8 Å². The third-order valence-corrected chi connectivity index (χ3v) is 11.4. The molecule has 0 bridgehead atoms. The van der Waals surface area contributed by atoms with Crippen LogP contribution >= 0.6 is 0 Å². The molecule has 0 spiro atoms. The third kappa shape index (κ3) is 11.3. The number of esters is 6. The molecule has 6 aromatic rings. The van der Waals surface area contributed by atoms with Crippen molar-refractivity contribution in [3.8, 4) is 0 Å². The molecule has 2 saturated heterocycles. The van der Waals surface area contributed by atoms with Gasteiger partial charge < -0.3 is 47.4 Å². The molecular formula is C54H46O16.